The average molecular weight is 350 g/mol. The lowest BCUT2D eigenvalue weighted by atomic mass is 10.1. The van der Waals surface area contributed by atoms with Gasteiger partial charge >= 0.3 is 0 Å². The first-order valence-corrected chi connectivity index (χ1v) is 8.46. The molecular weight excluding hydrogens is 326 g/mol. The second-order valence-corrected chi connectivity index (χ2v) is 6.39. The largest absolute Gasteiger partial charge is 0.382 e. The van der Waals surface area contributed by atoms with Crippen molar-refractivity contribution in [2.24, 2.45) is 0 Å². The van der Waals surface area contributed by atoms with Crippen LogP contribution in [0.5, 0.6) is 0 Å². The van der Waals surface area contributed by atoms with Gasteiger partial charge in [0.25, 0.3) is 0 Å². The third-order valence-electron chi connectivity index (χ3n) is 2.79. The van der Waals surface area contributed by atoms with Gasteiger partial charge in [0.2, 0.25) is 0 Å². The highest BCUT2D eigenvalue weighted by molar-refractivity contribution is 9.10. The van der Waals surface area contributed by atoms with Crippen molar-refractivity contribution >= 4 is 27.3 Å². The molecule has 0 fully saturated rings. The molecule has 0 aliphatic carbocycles. The van der Waals surface area contributed by atoms with E-state index >= 15 is 0 Å². The Bertz CT molecular complexity index is 333. The molecule has 0 radical (unpaired) electrons. The molecule has 19 heavy (non-hydrogen) atoms. The molecule has 1 rings (SSSR count). The predicted octanol–water partition coefficient (Wildman–Crippen LogP) is 3.47. The molecule has 0 aromatic carbocycles. The fourth-order valence-corrected chi connectivity index (χ4v) is 3.33. The number of ether oxygens (including phenoxy) is 2. The number of nitrogens with one attached hydrogen (secondary N) is 1. The summed E-state index contributed by atoms with van der Waals surface area (Å²) >= 11 is 5.32. The second-order valence-electron chi connectivity index (χ2n) is 4.48. The lowest BCUT2D eigenvalue weighted by Crippen LogP contribution is -2.32. The molecule has 3 nitrogen and oxygen atoms in total. The van der Waals surface area contributed by atoms with Crippen LogP contribution < -0.4 is 5.32 Å². The van der Waals surface area contributed by atoms with Crippen molar-refractivity contribution in [3.8, 4) is 0 Å². The maximum absolute atomic E-state index is 5.56. The van der Waals surface area contributed by atoms with Crippen molar-refractivity contribution in [3.63, 3.8) is 0 Å². The smallest absolute Gasteiger partial charge is 0.0700 e. The highest BCUT2D eigenvalue weighted by Crippen LogP contribution is 2.21. The Labute approximate surface area is 128 Å². The molecule has 5 heteroatoms. The Kier molecular flexibility index (Phi) is 9.73. The van der Waals surface area contributed by atoms with E-state index in [1.165, 1.54) is 9.35 Å². The third kappa shape index (κ3) is 8.05. The molecule has 0 aliphatic rings. The van der Waals surface area contributed by atoms with E-state index in [0.29, 0.717) is 19.3 Å². The normalized spacial score (nSPS) is 12.8. The Morgan fingerprint density at radius 2 is 2.21 bits per heavy atom. The molecule has 0 saturated heterocycles. The van der Waals surface area contributed by atoms with Crippen molar-refractivity contribution in [1.29, 1.82) is 0 Å². The highest BCUT2D eigenvalue weighted by atomic mass is 79.9. The van der Waals surface area contributed by atoms with Gasteiger partial charge in [0, 0.05) is 34.5 Å². The van der Waals surface area contributed by atoms with Crippen LogP contribution in [0.25, 0.3) is 0 Å². The van der Waals surface area contributed by atoms with Gasteiger partial charge in [0.1, 0.15) is 0 Å². The Balaban J connectivity index is 2.29. The number of thiophene rings is 1. The van der Waals surface area contributed by atoms with Crippen molar-refractivity contribution in [3.05, 3.63) is 20.8 Å². The van der Waals surface area contributed by atoms with Crippen LogP contribution in [0, 0.1) is 0 Å². The zero-order valence-corrected chi connectivity index (χ0v) is 14.2. The van der Waals surface area contributed by atoms with Gasteiger partial charge in [-0.1, -0.05) is 6.92 Å². The first-order valence-electron chi connectivity index (χ1n) is 6.79. The fourth-order valence-electron chi connectivity index (χ4n) is 1.80. The molecular formula is C14H24BrNO2S. The predicted molar refractivity (Wildman–Crippen MR) is 85.1 cm³/mol. The minimum atomic E-state index is 0.494. The SMILES string of the molecule is CCCNC(CCOCCOC)Cc1cc(Br)cs1. The van der Waals surface area contributed by atoms with E-state index in [4.69, 9.17) is 9.47 Å². The summed E-state index contributed by atoms with van der Waals surface area (Å²) in [7, 11) is 1.70. The summed E-state index contributed by atoms with van der Waals surface area (Å²) in [5.41, 5.74) is 0. The summed E-state index contributed by atoms with van der Waals surface area (Å²) in [6.07, 6.45) is 3.28. The lowest BCUT2D eigenvalue weighted by Gasteiger charge is -2.17. The van der Waals surface area contributed by atoms with Crippen LogP contribution in [0.3, 0.4) is 0 Å². The van der Waals surface area contributed by atoms with Gasteiger partial charge in [0.05, 0.1) is 13.2 Å². The van der Waals surface area contributed by atoms with Crippen LogP contribution in [0.15, 0.2) is 15.9 Å². The van der Waals surface area contributed by atoms with Gasteiger partial charge in [-0.3, -0.25) is 0 Å². The monoisotopic (exact) mass is 349 g/mol. The molecule has 1 atom stereocenters. The number of hydrogen-bond donors (Lipinski definition) is 1. The van der Waals surface area contributed by atoms with E-state index in [0.717, 1.165) is 32.4 Å². The maximum atomic E-state index is 5.56. The minimum absolute atomic E-state index is 0.494. The average Bonchev–Trinajstić information content (AvgIpc) is 2.81. The van der Waals surface area contributed by atoms with Crippen molar-refractivity contribution < 1.29 is 9.47 Å². The summed E-state index contributed by atoms with van der Waals surface area (Å²) in [5, 5.41) is 5.74. The summed E-state index contributed by atoms with van der Waals surface area (Å²) < 4.78 is 11.7. The molecule has 0 bridgehead atoms. The first kappa shape index (κ1) is 17.1. The van der Waals surface area contributed by atoms with Gasteiger partial charge in [-0.2, -0.15) is 0 Å². The molecule has 1 heterocycles. The van der Waals surface area contributed by atoms with Gasteiger partial charge in [-0.05, 0) is 47.8 Å². The van der Waals surface area contributed by atoms with Crippen LogP contribution in [-0.2, 0) is 15.9 Å². The first-order chi connectivity index (χ1) is 9.26. The Morgan fingerprint density at radius 3 is 2.84 bits per heavy atom. The Morgan fingerprint density at radius 1 is 1.37 bits per heavy atom. The quantitative estimate of drug-likeness (QED) is 0.620. The van der Waals surface area contributed by atoms with Gasteiger partial charge in [-0.15, -0.1) is 11.3 Å². The van der Waals surface area contributed by atoms with Crippen LogP contribution in [-0.4, -0.2) is 39.5 Å². The van der Waals surface area contributed by atoms with E-state index in [2.05, 4.69) is 39.6 Å². The van der Waals surface area contributed by atoms with Gasteiger partial charge in [0.15, 0.2) is 0 Å². The van der Waals surface area contributed by atoms with E-state index in [1.807, 2.05) is 11.3 Å². The fraction of sp³-hybridized carbons (Fsp3) is 0.714. The third-order valence-corrected chi connectivity index (χ3v) is 4.51. The Hall–Kier alpha value is 0.0600. The lowest BCUT2D eigenvalue weighted by molar-refractivity contribution is 0.0658. The molecule has 1 aromatic rings. The number of rotatable bonds is 11. The van der Waals surface area contributed by atoms with Gasteiger partial charge < -0.3 is 14.8 Å². The van der Waals surface area contributed by atoms with Crippen LogP contribution in [0.1, 0.15) is 24.6 Å². The van der Waals surface area contributed by atoms with Crippen LogP contribution >= 0.6 is 27.3 Å². The van der Waals surface area contributed by atoms with E-state index in [9.17, 15) is 0 Å². The zero-order chi connectivity index (χ0) is 13.9. The van der Waals surface area contributed by atoms with E-state index in [-0.39, 0.29) is 0 Å². The molecule has 1 unspecified atom stereocenters. The number of methoxy groups -OCH3 is 1. The van der Waals surface area contributed by atoms with Crippen molar-refractivity contribution in [2.75, 3.05) is 33.5 Å². The molecule has 0 saturated carbocycles. The standard InChI is InChI=1S/C14H24BrNO2S/c1-3-5-16-13(4-6-18-8-7-17-2)10-14-9-12(15)11-19-14/h9,11,13,16H,3-8,10H2,1-2H3. The maximum Gasteiger partial charge on any atom is 0.0700 e. The molecule has 1 aromatic heterocycles. The topological polar surface area (TPSA) is 30.5 Å². The summed E-state index contributed by atoms with van der Waals surface area (Å²) in [5.74, 6) is 0. The van der Waals surface area contributed by atoms with Crippen LogP contribution in [0.2, 0.25) is 0 Å². The number of halogens is 1. The van der Waals surface area contributed by atoms with Crippen LogP contribution in [0.4, 0.5) is 0 Å². The highest BCUT2D eigenvalue weighted by Gasteiger charge is 2.10. The second kappa shape index (κ2) is 10.8. The molecule has 0 amide bonds. The van der Waals surface area contributed by atoms with Gasteiger partial charge in [-0.25, -0.2) is 0 Å². The van der Waals surface area contributed by atoms with Crippen molar-refractivity contribution in [1.82, 2.24) is 5.32 Å². The molecule has 0 spiro atoms. The zero-order valence-electron chi connectivity index (χ0n) is 11.8. The minimum Gasteiger partial charge on any atom is -0.382 e. The summed E-state index contributed by atoms with van der Waals surface area (Å²) in [6, 6.07) is 2.70. The van der Waals surface area contributed by atoms with E-state index in [1.54, 1.807) is 7.11 Å². The van der Waals surface area contributed by atoms with Crippen molar-refractivity contribution in [2.45, 2.75) is 32.2 Å². The molecule has 1 N–H and O–H groups in total. The van der Waals surface area contributed by atoms with E-state index < -0.39 is 0 Å². The number of hydrogen-bond acceptors (Lipinski definition) is 4. The molecule has 110 valence electrons. The summed E-state index contributed by atoms with van der Waals surface area (Å²) in [4.78, 5) is 1.41. The summed E-state index contributed by atoms with van der Waals surface area (Å²) in [6.45, 7) is 5.40. The molecule has 0 aliphatic heterocycles.